The van der Waals surface area contributed by atoms with Gasteiger partial charge in [0.05, 0.1) is 4.90 Å². The highest BCUT2D eigenvalue weighted by atomic mass is 32.2. The van der Waals surface area contributed by atoms with Crippen LogP contribution in [0.4, 0.5) is 5.69 Å². The number of fused-ring (bicyclic) bond motifs is 1. The molecule has 2 heterocycles. The topological polar surface area (TPSA) is 84.9 Å². The largest absolute Gasteiger partial charge is 0.454 e. The number of sulfonamides is 1. The van der Waals surface area contributed by atoms with Gasteiger partial charge in [0.1, 0.15) is 0 Å². The van der Waals surface area contributed by atoms with E-state index in [0.29, 0.717) is 41.4 Å². The molecule has 0 aromatic heterocycles. The van der Waals surface area contributed by atoms with Gasteiger partial charge >= 0.3 is 0 Å². The van der Waals surface area contributed by atoms with E-state index >= 15 is 0 Å². The molecule has 1 N–H and O–H groups in total. The number of hydrogen-bond acceptors (Lipinski definition) is 5. The number of hydrogen-bond donors (Lipinski definition) is 1. The molecule has 29 heavy (non-hydrogen) atoms. The molecule has 1 fully saturated rings. The maximum absolute atomic E-state index is 13.2. The third-order valence-corrected chi connectivity index (χ3v) is 7.30. The number of carbonyl (C=O) groups is 1. The Kier molecular flexibility index (Phi) is 5.47. The van der Waals surface area contributed by atoms with Gasteiger partial charge in [0.25, 0.3) is 5.91 Å². The van der Waals surface area contributed by atoms with E-state index in [-0.39, 0.29) is 17.6 Å². The van der Waals surface area contributed by atoms with Gasteiger partial charge in [-0.15, -0.1) is 0 Å². The lowest BCUT2D eigenvalue weighted by molar-refractivity contribution is 0.102. The average Bonchev–Trinajstić information content (AvgIpc) is 2.98. The highest BCUT2D eigenvalue weighted by Crippen LogP contribution is 2.34. The first-order valence-corrected chi connectivity index (χ1v) is 11.2. The van der Waals surface area contributed by atoms with Crippen LogP contribution in [0, 0.1) is 6.92 Å². The molecule has 0 saturated carbocycles. The summed E-state index contributed by atoms with van der Waals surface area (Å²) in [5, 5.41) is 2.79. The highest BCUT2D eigenvalue weighted by Gasteiger charge is 2.27. The van der Waals surface area contributed by atoms with Crippen molar-refractivity contribution in [3.8, 4) is 11.5 Å². The fourth-order valence-corrected chi connectivity index (χ4v) is 5.39. The number of rotatable bonds is 4. The molecule has 4 rings (SSSR count). The molecule has 0 atom stereocenters. The summed E-state index contributed by atoms with van der Waals surface area (Å²) < 4.78 is 38.5. The molecular weight excluding hydrogens is 392 g/mol. The second kappa shape index (κ2) is 8.04. The summed E-state index contributed by atoms with van der Waals surface area (Å²) in [6.45, 7) is 2.96. The molecule has 2 aliphatic rings. The van der Waals surface area contributed by atoms with Gasteiger partial charge in [0.15, 0.2) is 11.5 Å². The number of amides is 1. The lowest BCUT2D eigenvalue weighted by Gasteiger charge is -2.21. The molecule has 8 heteroatoms. The van der Waals surface area contributed by atoms with Crippen molar-refractivity contribution in [1.29, 1.82) is 0 Å². The number of nitrogens with zero attached hydrogens (tertiary/aromatic N) is 1. The Bertz CT molecular complexity index is 1030. The van der Waals surface area contributed by atoms with Gasteiger partial charge in [-0.2, -0.15) is 4.31 Å². The summed E-state index contributed by atoms with van der Waals surface area (Å²) in [5.74, 6) is 0.816. The molecule has 0 aliphatic carbocycles. The molecule has 1 saturated heterocycles. The Morgan fingerprint density at radius 2 is 1.69 bits per heavy atom. The third kappa shape index (κ3) is 4.09. The average molecular weight is 416 g/mol. The van der Waals surface area contributed by atoms with Crippen LogP contribution < -0.4 is 14.8 Å². The Morgan fingerprint density at radius 3 is 2.45 bits per heavy atom. The molecule has 2 aliphatic heterocycles. The van der Waals surface area contributed by atoms with Gasteiger partial charge in [0, 0.05) is 30.4 Å². The lowest BCUT2D eigenvalue weighted by Crippen LogP contribution is -2.32. The number of anilines is 1. The first-order valence-electron chi connectivity index (χ1n) is 9.77. The first kappa shape index (κ1) is 19.7. The Balaban J connectivity index is 1.58. The SMILES string of the molecule is Cc1ccc(C(=O)Nc2ccc3c(c2)OCO3)cc1S(=O)(=O)N1CCCCCC1. The number of ether oxygens (including phenoxy) is 2. The van der Waals surface area contributed by atoms with Crippen LogP contribution in [0.5, 0.6) is 11.5 Å². The highest BCUT2D eigenvalue weighted by molar-refractivity contribution is 7.89. The van der Waals surface area contributed by atoms with Crippen LogP contribution in [0.2, 0.25) is 0 Å². The second-order valence-corrected chi connectivity index (χ2v) is 9.23. The predicted molar refractivity (Wildman–Crippen MR) is 109 cm³/mol. The van der Waals surface area contributed by atoms with Crippen molar-refractivity contribution in [2.45, 2.75) is 37.5 Å². The zero-order valence-electron chi connectivity index (χ0n) is 16.3. The summed E-state index contributed by atoms with van der Waals surface area (Å²) in [5.41, 5.74) is 1.48. The smallest absolute Gasteiger partial charge is 0.255 e. The van der Waals surface area contributed by atoms with Crippen LogP contribution in [-0.4, -0.2) is 38.5 Å². The minimum atomic E-state index is -3.64. The van der Waals surface area contributed by atoms with Crippen LogP contribution in [0.25, 0.3) is 0 Å². The summed E-state index contributed by atoms with van der Waals surface area (Å²) in [6, 6.07) is 9.91. The van der Waals surface area contributed by atoms with Crippen molar-refractivity contribution in [3.63, 3.8) is 0 Å². The summed E-state index contributed by atoms with van der Waals surface area (Å²) >= 11 is 0. The van der Waals surface area contributed by atoms with Crippen LogP contribution in [0.1, 0.15) is 41.6 Å². The molecule has 2 aromatic carbocycles. The maximum Gasteiger partial charge on any atom is 0.255 e. The number of benzene rings is 2. The lowest BCUT2D eigenvalue weighted by atomic mass is 10.1. The zero-order chi connectivity index (χ0) is 20.4. The Hall–Kier alpha value is -2.58. The van der Waals surface area contributed by atoms with Gasteiger partial charge in [-0.05, 0) is 49.6 Å². The van der Waals surface area contributed by atoms with E-state index in [1.807, 2.05) is 0 Å². The molecule has 0 unspecified atom stereocenters. The predicted octanol–water partition coefficient (Wildman–Crippen LogP) is 3.54. The summed E-state index contributed by atoms with van der Waals surface area (Å²) in [4.78, 5) is 12.9. The summed E-state index contributed by atoms with van der Waals surface area (Å²) in [7, 11) is -3.64. The van der Waals surface area contributed by atoms with E-state index in [0.717, 1.165) is 25.7 Å². The van der Waals surface area contributed by atoms with Gasteiger partial charge in [0.2, 0.25) is 16.8 Å². The summed E-state index contributed by atoms with van der Waals surface area (Å²) in [6.07, 6.45) is 3.82. The molecule has 154 valence electrons. The quantitative estimate of drug-likeness (QED) is 0.824. The number of carbonyl (C=O) groups excluding carboxylic acids is 1. The second-order valence-electron chi connectivity index (χ2n) is 7.32. The first-order chi connectivity index (χ1) is 13.9. The molecule has 2 aromatic rings. The molecule has 0 bridgehead atoms. The van der Waals surface area contributed by atoms with E-state index in [9.17, 15) is 13.2 Å². The van der Waals surface area contributed by atoms with Crippen LogP contribution in [0.15, 0.2) is 41.3 Å². The van der Waals surface area contributed by atoms with Gasteiger partial charge in [-0.25, -0.2) is 8.42 Å². The van der Waals surface area contributed by atoms with E-state index < -0.39 is 10.0 Å². The fraction of sp³-hybridized carbons (Fsp3) is 0.381. The Morgan fingerprint density at radius 1 is 0.966 bits per heavy atom. The minimum absolute atomic E-state index is 0.155. The molecular formula is C21H24N2O5S. The van der Waals surface area contributed by atoms with Gasteiger partial charge in [-0.3, -0.25) is 4.79 Å². The maximum atomic E-state index is 13.2. The van der Waals surface area contributed by atoms with Gasteiger partial charge in [-0.1, -0.05) is 18.9 Å². The third-order valence-electron chi connectivity index (χ3n) is 5.26. The van der Waals surface area contributed by atoms with Crippen LogP contribution in [0.3, 0.4) is 0 Å². The minimum Gasteiger partial charge on any atom is -0.454 e. The van der Waals surface area contributed by atoms with E-state index in [1.165, 1.54) is 6.07 Å². The van der Waals surface area contributed by atoms with E-state index in [4.69, 9.17) is 9.47 Å². The molecule has 1 amide bonds. The zero-order valence-corrected chi connectivity index (χ0v) is 17.1. The molecule has 0 radical (unpaired) electrons. The van der Waals surface area contributed by atoms with Gasteiger partial charge < -0.3 is 14.8 Å². The molecule has 7 nitrogen and oxygen atoms in total. The van der Waals surface area contributed by atoms with E-state index in [2.05, 4.69) is 5.32 Å². The monoisotopic (exact) mass is 416 g/mol. The van der Waals surface area contributed by atoms with Crippen molar-refractivity contribution in [3.05, 3.63) is 47.5 Å². The van der Waals surface area contributed by atoms with Crippen molar-refractivity contribution in [1.82, 2.24) is 4.31 Å². The fourth-order valence-electron chi connectivity index (χ4n) is 3.62. The number of aryl methyl sites for hydroxylation is 1. The van der Waals surface area contributed by atoms with Crippen molar-refractivity contribution >= 4 is 21.6 Å². The number of nitrogens with one attached hydrogen (secondary N) is 1. The van der Waals surface area contributed by atoms with Crippen molar-refractivity contribution < 1.29 is 22.7 Å². The normalized spacial score (nSPS) is 17.0. The van der Waals surface area contributed by atoms with Crippen LogP contribution >= 0.6 is 0 Å². The van der Waals surface area contributed by atoms with Crippen molar-refractivity contribution in [2.24, 2.45) is 0 Å². The standard InChI is InChI=1S/C21H24N2O5S/c1-15-6-7-16(12-20(15)29(25,26)23-10-4-2-3-5-11-23)21(24)22-17-8-9-18-19(13-17)28-14-27-18/h6-9,12-13H,2-5,10-11,14H2,1H3,(H,22,24). The van der Waals surface area contributed by atoms with E-state index in [1.54, 1.807) is 41.6 Å². The Labute approximate surface area is 170 Å². The van der Waals surface area contributed by atoms with Crippen molar-refractivity contribution in [2.75, 3.05) is 25.2 Å². The molecule has 0 spiro atoms. The van der Waals surface area contributed by atoms with Crippen LogP contribution in [-0.2, 0) is 10.0 Å².